The monoisotopic (exact) mass is 173 g/mol. The SMILES string of the molecule is [C-]#[N+][C@H](CCSC)C(=O)OC. The van der Waals surface area contributed by atoms with Gasteiger partial charge in [-0.3, -0.25) is 0 Å². The summed E-state index contributed by atoms with van der Waals surface area (Å²) in [5, 5.41) is 0. The quantitative estimate of drug-likeness (QED) is 0.473. The van der Waals surface area contributed by atoms with Crippen LogP contribution in [0.4, 0.5) is 0 Å². The van der Waals surface area contributed by atoms with Crippen LogP contribution < -0.4 is 0 Å². The number of nitrogens with zero attached hydrogens (tertiary/aromatic N) is 1. The van der Waals surface area contributed by atoms with E-state index in [9.17, 15) is 4.79 Å². The van der Waals surface area contributed by atoms with Gasteiger partial charge in [-0.1, -0.05) is 0 Å². The fourth-order valence-corrected chi connectivity index (χ4v) is 1.06. The van der Waals surface area contributed by atoms with Crippen LogP contribution in [0.15, 0.2) is 0 Å². The van der Waals surface area contributed by atoms with Crippen molar-refractivity contribution in [1.29, 1.82) is 0 Å². The van der Waals surface area contributed by atoms with Gasteiger partial charge in [0.15, 0.2) is 0 Å². The molecule has 0 aromatic heterocycles. The normalized spacial score (nSPS) is 11.7. The van der Waals surface area contributed by atoms with Crippen LogP contribution in [0.1, 0.15) is 6.42 Å². The molecular weight excluding hydrogens is 162 g/mol. The van der Waals surface area contributed by atoms with Crippen molar-refractivity contribution >= 4 is 17.7 Å². The molecule has 0 bridgehead atoms. The van der Waals surface area contributed by atoms with E-state index in [4.69, 9.17) is 6.57 Å². The van der Waals surface area contributed by atoms with Crippen molar-refractivity contribution in [2.45, 2.75) is 12.5 Å². The summed E-state index contributed by atoms with van der Waals surface area (Å²) in [6.07, 6.45) is 2.52. The van der Waals surface area contributed by atoms with Crippen molar-refractivity contribution in [2.24, 2.45) is 0 Å². The standard InChI is InChI=1S/C7H11NO2S/c1-8-6(4-5-11-3)7(9)10-2/h6H,4-5H2,2-3H3/t6-/m1/s1. The van der Waals surface area contributed by atoms with E-state index in [2.05, 4.69) is 9.58 Å². The highest BCUT2D eigenvalue weighted by molar-refractivity contribution is 7.98. The maximum atomic E-state index is 10.8. The summed E-state index contributed by atoms with van der Waals surface area (Å²) in [7, 11) is 1.31. The van der Waals surface area contributed by atoms with Crippen molar-refractivity contribution in [3.05, 3.63) is 11.4 Å². The van der Waals surface area contributed by atoms with Gasteiger partial charge in [-0.25, -0.2) is 11.4 Å². The molecule has 3 nitrogen and oxygen atoms in total. The van der Waals surface area contributed by atoms with Gasteiger partial charge in [0.2, 0.25) is 0 Å². The number of carbonyl (C=O) groups excluding carboxylic acids is 1. The number of hydrogen-bond acceptors (Lipinski definition) is 3. The maximum absolute atomic E-state index is 10.8. The van der Waals surface area contributed by atoms with E-state index in [1.54, 1.807) is 11.8 Å². The summed E-state index contributed by atoms with van der Waals surface area (Å²) < 4.78 is 4.44. The van der Waals surface area contributed by atoms with Crippen LogP contribution in [0.3, 0.4) is 0 Å². The van der Waals surface area contributed by atoms with Crippen LogP contribution >= 0.6 is 11.8 Å². The predicted molar refractivity (Wildman–Crippen MR) is 45.4 cm³/mol. The minimum Gasteiger partial charge on any atom is -0.463 e. The number of esters is 1. The fraction of sp³-hybridized carbons (Fsp3) is 0.714. The van der Waals surface area contributed by atoms with E-state index in [0.29, 0.717) is 6.42 Å². The summed E-state index contributed by atoms with van der Waals surface area (Å²) in [5.74, 6) is 0.399. The molecule has 0 aliphatic carbocycles. The molecule has 0 unspecified atom stereocenters. The number of thioether (sulfide) groups is 1. The number of ether oxygens (including phenoxy) is 1. The molecule has 0 fully saturated rings. The summed E-state index contributed by atoms with van der Waals surface area (Å²) in [5.41, 5.74) is 0. The van der Waals surface area contributed by atoms with Crippen molar-refractivity contribution in [3.8, 4) is 0 Å². The second-order valence-electron chi connectivity index (χ2n) is 1.95. The molecule has 0 aliphatic rings. The first-order valence-corrected chi connectivity index (χ1v) is 4.59. The highest BCUT2D eigenvalue weighted by Gasteiger charge is 2.22. The largest absolute Gasteiger partial charge is 0.463 e. The van der Waals surface area contributed by atoms with Gasteiger partial charge >= 0.3 is 12.0 Å². The number of hydrogen-bond donors (Lipinski definition) is 0. The van der Waals surface area contributed by atoms with E-state index in [-0.39, 0.29) is 0 Å². The first-order valence-electron chi connectivity index (χ1n) is 3.19. The molecular formula is C7H11NO2S. The van der Waals surface area contributed by atoms with E-state index in [1.807, 2.05) is 6.26 Å². The topological polar surface area (TPSA) is 30.7 Å². The van der Waals surface area contributed by atoms with Crippen molar-refractivity contribution < 1.29 is 9.53 Å². The Labute approximate surface area is 70.9 Å². The Hall–Kier alpha value is -0.690. The summed E-state index contributed by atoms with van der Waals surface area (Å²) >= 11 is 1.62. The highest BCUT2D eigenvalue weighted by atomic mass is 32.2. The van der Waals surface area contributed by atoms with Gasteiger partial charge < -0.3 is 9.58 Å². The molecule has 11 heavy (non-hydrogen) atoms. The second-order valence-corrected chi connectivity index (χ2v) is 2.94. The second kappa shape index (κ2) is 6.05. The van der Waals surface area contributed by atoms with Crippen LogP contribution in [0.2, 0.25) is 0 Å². The zero-order valence-corrected chi connectivity index (χ0v) is 7.48. The number of carbonyl (C=O) groups is 1. The molecule has 0 saturated carbocycles. The number of methoxy groups -OCH3 is 1. The third-order valence-electron chi connectivity index (χ3n) is 1.22. The molecule has 0 aromatic rings. The lowest BCUT2D eigenvalue weighted by Gasteiger charge is -2.00. The van der Waals surface area contributed by atoms with Gasteiger partial charge in [0, 0.05) is 12.2 Å². The average molecular weight is 173 g/mol. The summed E-state index contributed by atoms with van der Waals surface area (Å²) in [4.78, 5) is 14.0. The first kappa shape index (κ1) is 10.3. The van der Waals surface area contributed by atoms with Gasteiger partial charge in [-0.05, 0) is 6.26 Å². The minimum atomic E-state index is -0.604. The Morgan fingerprint density at radius 2 is 2.45 bits per heavy atom. The maximum Gasteiger partial charge on any atom is 0.390 e. The highest BCUT2D eigenvalue weighted by Crippen LogP contribution is 2.05. The zero-order chi connectivity index (χ0) is 8.69. The van der Waals surface area contributed by atoms with E-state index in [1.165, 1.54) is 7.11 Å². The third kappa shape index (κ3) is 3.89. The molecule has 0 radical (unpaired) electrons. The van der Waals surface area contributed by atoms with Crippen LogP contribution in [0.25, 0.3) is 4.85 Å². The Morgan fingerprint density at radius 3 is 2.82 bits per heavy atom. The van der Waals surface area contributed by atoms with Crippen LogP contribution in [-0.4, -0.2) is 31.1 Å². The van der Waals surface area contributed by atoms with E-state index < -0.39 is 12.0 Å². The third-order valence-corrected chi connectivity index (χ3v) is 1.87. The summed E-state index contributed by atoms with van der Waals surface area (Å²) in [6, 6.07) is -0.604. The van der Waals surface area contributed by atoms with Gasteiger partial charge in [-0.15, -0.1) is 0 Å². The van der Waals surface area contributed by atoms with Gasteiger partial charge in [0.1, 0.15) is 0 Å². The molecule has 1 atom stereocenters. The Morgan fingerprint density at radius 1 is 1.82 bits per heavy atom. The van der Waals surface area contributed by atoms with Crippen LogP contribution in [0.5, 0.6) is 0 Å². The predicted octanol–water partition coefficient (Wildman–Crippen LogP) is 1.20. The molecule has 0 amide bonds. The minimum absolute atomic E-state index is 0.422. The number of rotatable bonds is 4. The van der Waals surface area contributed by atoms with E-state index >= 15 is 0 Å². The molecule has 0 saturated heterocycles. The molecule has 0 spiro atoms. The zero-order valence-electron chi connectivity index (χ0n) is 6.66. The van der Waals surface area contributed by atoms with Crippen molar-refractivity contribution in [1.82, 2.24) is 0 Å². The molecule has 4 heteroatoms. The lowest BCUT2D eigenvalue weighted by atomic mass is 10.2. The average Bonchev–Trinajstić information content (AvgIpc) is 2.05. The lowest BCUT2D eigenvalue weighted by Crippen LogP contribution is -2.19. The van der Waals surface area contributed by atoms with Crippen LogP contribution in [0, 0.1) is 6.57 Å². The molecule has 0 rings (SSSR count). The van der Waals surface area contributed by atoms with Gasteiger partial charge in [0.05, 0.1) is 7.11 Å². The Balaban J connectivity index is 3.78. The molecule has 62 valence electrons. The lowest BCUT2D eigenvalue weighted by molar-refractivity contribution is -0.141. The molecule has 0 N–H and O–H groups in total. The Bertz CT molecular complexity index is 164. The van der Waals surface area contributed by atoms with Crippen molar-refractivity contribution in [3.63, 3.8) is 0 Å². The Kier molecular flexibility index (Phi) is 5.67. The molecule has 0 aromatic carbocycles. The van der Waals surface area contributed by atoms with E-state index in [0.717, 1.165) is 5.75 Å². The fourth-order valence-electron chi connectivity index (χ4n) is 0.601. The molecule has 0 aliphatic heterocycles. The van der Waals surface area contributed by atoms with Gasteiger partial charge in [-0.2, -0.15) is 11.8 Å². The molecule has 0 heterocycles. The summed E-state index contributed by atoms with van der Waals surface area (Å²) in [6.45, 7) is 6.69. The van der Waals surface area contributed by atoms with Gasteiger partial charge in [0.25, 0.3) is 0 Å². The first-order chi connectivity index (χ1) is 5.26. The van der Waals surface area contributed by atoms with Crippen LogP contribution in [-0.2, 0) is 9.53 Å². The smallest absolute Gasteiger partial charge is 0.390 e. The van der Waals surface area contributed by atoms with Crippen molar-refractivity contribution in [2.75, 3.05) is 19.1 Å².